The monoisotopic (exact) mass is 472 g/mol. The fraction of sp³-hybridized carbons (Fsp3) is 0.259. The van der Waals surface area contributed by atoms with E-state index in [-0.39, 0.29) is 30.7 Å². The summed E-state index contributed by atoms with van der Waals surface area (Å²) in [5.74, 6) is -0.601. The molecule has 0 radical (unpaired) electrons. The molecule has 1 fully saturated rings. The molecule has 0 spiro atoms. The first-order chi connectivity index (χ1) is 17.0. The van der Waals surface area contributed by atoms with Gasteiger partial charge in [0.2, 0.25) is 5.91 Å². The largest absolute Gasteiger partial charge is 0.350 e. The molecular formula is C27H25FN4O3. The Bertz CT molecular complexity index is 1360. The minimum Gasteiger partial charge on any atom is -0.350 e. The van der Waals surface area contributed by atoms with E-state index < -0.39 is 0 Å². The van der Waals surface area contributed by atoms with Crippen molar-refractivity contribution in [3.8, 4) is 11.3 Å². The molecular weight excluding hydrogens is 447 g/mol. The van der Waals surface area contributed by atoms with Crippen molar-refractivity contribution in [3.05, 3.63) is 83.3 Å². The van der Waals surface area contributed by atoms with E-state index in [0.717, 1.165) is 29.7 Å². The molecule has 2 amide bonds. The number of rotatable bonds is 8. The summed E-state index contributed by atoms with van der Waals surface area (Å²) in [6, 6.07) is 17.3. The molecule has 7 nitrogen and oxygen atoms in total. The number of fused-ring (bicyclic) bond motifs is 1. The van der Waals surface area contributed by atoms with Crippen LogP contribution in [0.2, 0.25) is 0 Å². The molecule has 4 aromatic rings. The summed E-state index contributed by atoms with van der Waals surface area (Å²) in [5, 5.41) is 7.58. The van der Waals surface area contributed by atoms with E-state index in [2.05, 4.69) is 15.5 Å². The van der Waals surface area contributed by atoms with E-state index in [4.69, 9.17) is 4.52 Å². The molecule has 1 N–H and O–H groups in total. The second kappa shape index (κ2) is 9.66. The fourth-order valence-corrected chi connectivity index (χ4v) is 4.05. The van der Waals surface area contributed by atoms with Crippen molar-refractivity contribution in [2.24, 2.45) is 0 Å². The van der Waals surface area contributed by atoms with Gasteiger partial charge in [-0.25, -0.2) is 9.37 Å². The van der Waals surface area contributed by atoms with Crippen LogP contribution in [-0.2, 0) is 11.3 Å². The van der Waals surface area contributed by atoms with Gasteiger partial charge in [-0.15, -0.1) is 0 Å². The lowest BCUT2D eigenvalue weighted by Gasteiger charge is -2.21. The Labute approximate surface area is 201 Å². The first-order valence-electron chi connectivity index (χ1n) is 11.7. The van der Waals surface area contributed by atoms with Crippen molar-refractivity contribution in [1.82, 2.24) is 20.4 Å². The van der Waals surface area contributed by atoms with Gasteiger partial charge in [0.1, 0.15) is 11.5 Å². The summed E-state index contributed by atoms with van der Waals surface area (Å²) in [7, 11) is 0. The van der Waals surface area contributed by atoms with Crippen LogP contribution in [0.5, 0.6) is 0 Å². The maximum atomic E-state index is 13.7. The van der Waals surface area contributed by atoms with Crippen LogP contribution in [0.25, 0.3) is 22.4 Å². The highest BCUT2D eigenvalue weighted by Gasteiger charge is 2.30. The number of carbonyl (C=O) groups excluding carboxylic acids is 2. The van der Waals surface area contributed by atoms with Gasteiger partial charge >= 0.3 is 0 Å². The van der Waals surface area contributed by atoms with Gasteiger partial charge < -0.3 is 14.7 Å². The van der Waals surface area contributed by atoms with Crippen molar-refractivity contribution in [3.63, 3.8) is 0 Å². The summed E-state index contributed by atoms with van der Waals surface area (Å²) in [6.45, 7) is 2.32. The van der Waals surface area contributed by atoms with Crippen molar-refractivity contribution in [2.75, 3.05) is 13.1 Å². The van der Waals surface area contributed by atoms with Crippen molar-refractivity contribution < 1.29 is 18.5 Å². The molecule has 0 bridgehead atoms. The van der Waals surface area contributed by atoms with E-state index >= 15 is 0 Å². The Hall–Kier alpha value is -4.07. The van der Waals surface area contributed by atoms with Gasteiger partial charge in [0, 0.05) is 30.3 Å². The second-order valence-corrected chi connectivity index (χ2v) is 8.67. The normalized spacial score (nSPS) is 13.1. The zero-order valence-corrected chi connectivity index (χ0v) is 19.3. The van der Waals surface area contributed by atoms with Crippen LogP contribution < -0.4 is 5.32 Å². The molecule has 1 aliphatic rings. The summed E-state index contributed by atoms with van der Waals surface area (Å²) >= 11 is 0. The summed E-state index contributed by atoms with van der Waals surface area (Å²) in [6.07, 6.45) is 2.05. The van der Waals surface area contributed by atoms with Gasteiger partial charge in [-0.2, -0.15) is 0 Å². The first-order valence-corrected chi connectivity index (χ1v) is 11.7. The maximum absolute atomic E-state index is 13.7. The molecule has 35 heavy (non-hydrogen) atoms. The molecule has 2 aromatic carbocycles. The maximum Gasteiger partial charge on any atom is 0.259 e. The lowest BCUT2D eigenvalue weighted by molar-refractivity contribution is -0.121. The Balaban J connectivity index is 1.42. The van der Waals surface area contributed by atoms with Crippen molar-refractivity contribution in [2.45, 2.75) is 32.2 Å². The van der Waals surface area contributed by atoms with Gasteiger partial charge in [0.05, 0.1) is 17.5 Å². The lowest BCUT2D eigenvalue weighted by Crippen LogP contribution is -2.40. The smallest absolute Gasteiger partial charge is 0.259 e. The molecule has 1 saturated carbocycles. The number of likely N-dealkylation sites (N-methyl/N-ethyl adjacent to an activating group) is 1. The molecule has 5 rings (SSSR count). The third kappa shape index (κ3) is 4.91. The van der Waals surface area contributed by atoms with Crippen LogP contribution in [0.4, 0.5) is 4.39 Å². The average molecular weight is 473 g/mol. The van der Waals surface area contributed by atoms with E-state index in [1.54, 1.807) is 12.1 Å². The Morgan fingerprint density at radius 3 is 2.54 bits per heavy atom. The number of amides is 2. The molecule has 0 saturated heterocycles. The molecule has 2 aromatic heterocycles. The van der Waals surface area contributed by atoms with E-state index in [9.17, 15) is 14.0 Å². The molecule has 1 aliphatic carbocycles. The van der Waals surface area contributed by atoms with Gasteiger partial charge in [-0.3, -0.25) is 9.59 Å². The minimum atomic E-state index is -0.333. The predicted molar refractivity (Wildman–Crippen MR) is 129 cm³/mol. The highest BCUT2D eigenvalue weighted by Crippen LogP contribution is 2.41. The van der Waals surface area contributed by atoms with Crippen LogP contribution in [0.15, 0.2) is 65.2 Å². The number of hydrogen-bond donors (Lipinski definition) is 1. The van der Waals surface area contributed by atoms with Crippen molar-refractivity contribution >= 4 is 22.9 Å². The van der Waals surface area contributed by atoms with Gasteiger partial charge in [-0.1, -0.05) is 47.6 Å². The second-order valence-electron chi connectivity index (χ2n) is 8.67. The molecule has 178 valence electrons. The third-order valence-corrected chi connectivity index (χ3v) is 6.15. The lowest BCUT2D eigenvalue weighted by atomic mass is 10.0. The molecule has 0 aliphatic heterocycles. The quantitative estimate of drug-likeness (QED) is 0.402. The standard InChI is InChI=1S/C27H25FN4O3/c1-2-32(16-23(33)29-15-17-8-12-20(28)13-9-17)27(34)21-14-22(18-10-11-18)30-26-24(21)25(31-35-26)19-6-4-3-5-7-19/h3-9,12-14,18H,2,10-11,15-16H2,1H3,(H,29,33). The van der Waals surface area contributed by atoms with E-state index in [1.165, 1.54) is 17.0 Å². The highest BCUT2D eigenvalue weighted by atomic mass is 19.1. The first kappa shape index (κ1) is 22.7. The highest BCUT2D eigenvalue weighted by molar-refractivity contribution is 6.10. The fourth-order valence-electron chi connectivity index (χ4n) is 4.05. The number of halogens is 1. The SMILES string of the molecule is CCN(CC(=O)NCc1ccc(F)cc1)C(=O)c1cc(C2CC2)nc2onc(-c3ccccc3)c12. The van der Waals surface area contributed by atoms with E-state index in [0.29, 0.717) is 34.8 Å². The third-order valence-electron chi connectivity index (χ3n) is 6.15. The van der Waals surface area contributed by atoms with Crippen LogP contribution in [0, 0.1) is 5.82 Å². The van der Waals surface area contributed by atoms with Gasteiger partial charge in [0.25, 0.3) is 11.6 Å². The van der Waals surface area contributed by atoms with Crippen LogP contribution in [0.3, 0.4) is 0 Å². The molecule has 0 unspecified atom stereocenters. The summed E-state index contributed by atoms with van der Waals surface area (Å²) in [4.78, 5) is 32.5. The average Bonchev–Trinajstić information content (AvgIpc) is 3.65. The number of carbonyl (C=O) groups is 2. The summed E-state index contributed by atoms with van der Waals surface area (Å²) < 4.78 is 18.7. The molecule has 2 heterocycles. The topological polar surface area (TPSA) is 88.3 Å². The van der Waals surface area contributed by atoms with Crippen LogP contribution >= 0.6 is 0 Å². The van der Waals surface area contributed by atoms with Crippen LogP contribution in [-0.4, -0.2) is 39.9 Å². The number of hydrogen-bond acceptors (Lipinski definition) is 5. The van der Waals surface area contributed by atoms with E-state index in [1.807, 2.05) is 43.3 Å². The number of benzene rings is 2. The van der Waals surface area contributed by atoms with Crippen molar-refractivity contribution in [1.29, 1.82) is 0 Å². The minimum absolute atomic E-state index is 0.106. The number of nitrogens with one attached hydrogen (secondary N) is 1. The number of aromatic nitrogens is 2. The van der Waals surface area contributed by atoms with Gasteiger partial charge in [-0.05, 0) is 43.5 Å². The predicted octanol–water partition coefficient (Wildman–Crippen LogP) is 4.68. The Morgan fingerprint density at radius 1 is 1.11 bits per heavy atom. The van der Waals surface area contributed by atoms with Crippen LogP contribution in [0.1, 0.15) is 47.3 Å². The Kier molecular flexibility index (Phi) is 6.27. The zero-order valence-electron chi connectivity index (χ0n) is 19.3. The summed E-state index contributed by atoms with van der Waals surface area (Å²) in [5.41, 5.74) is 3.72. The zero-order chi connectivity index (χ0) is 24.4. The Morgan fingerprint density at radius 2 is 1.86 bits per heavy atom. The number of nitrogens with zero attached hydrogens (tertiary/aromatic N) is 3. The molecule has 8 heteroatoms. The number of pyridine rings is 1. The van der Waals surface area contributed by atoms with Gasteiger partial charge in [0.15, 0.2) is 0 Å². The molecule has 0 atom stereocenters.